The van der Waals surface area contributed by atoms with E-state index in [1.165, 1.54) is 137 Å². The molecule has 0 saturated heterocycles. The molecule has 1 heteroatoms. The predicted octanol–water partition coefficient (Wildman–Crippen LogP) is 19.9. The molecular weight excluding hydrogens is 867 g/mol. The Bertz CT molecular complexity index is 4310. The number of nitrogens with zero attached hydrogens (tertiary/aromatic N) is 1. The van der Waals surface area contributed by atoms with E-state index in [9.17, 15) is 0 Å². The summed E-state index contributed by atoms with van der Waals surface area (Å²) >= 11 is 0. The summed E-state index contributed by atoms with van der Waals surface area (Å²) in [7, 11) is 0. The van der Waals surface area contributed by atoms with E-state index in [1.807, 2.05) is 0 Å². The molecule has 0 unspecified atom stereocenters. The van der Waals surface area contributed by atoms with E-state index in [1.54, 1.807) is 0 Å². The standard InChI is InChI=1S/C71H55N/c1-69(2,3)71(70(4,5)6)67-57-33-18-12-26-50(57)59(43-61(67)66-52-28-13-10-24-48(52)49-25-11-19-34-58(49)68(66)71)44-36-38-45(39-37-44)64-53-29-14-16-31-55(53)65(56-32-17-15-30-54(56)64)46-40-41-63-60(42-46)51-27-20-21-35-62(51)72(63)47-22-8-7-9-23-47/h7-43H,1-6H3. The first-order valence-corrected chi connectivity index (χ1v) is 25.7. The van der Waals surface area contributed by atoms with E-state index >= 15 is 0 Å². The highest BCUT2D eigenvalue weighted by molar-refractivity contribution is 6.24. The molecular formula is C71H55N. The maximum absolute atomic E-state index is 2.57. The van der Waals surface area contributed by atoms with Gasteiger partial charge in [-0.05, 0) is 157 Å². The van der Waals surface area contributed by atoms with Gasteiger partial charge in [-0.25, -0.2) is 0 Å². The first-order chi connectivity index (χ1) is 35.0. The van der Waals surface area contributed by atoms with Crippen LogP contribution in [0.2, 0.25) is 0 Å². The molecule has 0 fully saturated rings. The summed E-state index contributed by atoms with van der Waals surface area (Å²) in [6.45, 7) is 14.9. The molecule has 0 bridgehead atoms. The van der Waals surface area contributed by atoms with Gasteiger partial charge in [0.2, 0.25) is 0 Å². The number of benzene rings is 12. The molecule has 0 aliphatic heterocycles. The van der Waals surface area contributed by atoms with Crippen molar-refractivity contribution in [2.24, 2.45) is 10.8 Å². The molecule has 13 aromatic rings. The molecule has 72 heavy (non-hydrogen) atoms. The Hall–Kier alpha value is -8.26. The second kappa shape index (κ2) is 15.4. The fourth-order valence-electron chi connectivity index (χ4n) is 14.3. The minimum atomic E-state index is -0.308. The third-order valence-corrected chi connectivity index (χ3v) is 16.6. The highest BCUT2D eigenvalue weighted by Crippen LogP contribution is 2.69. The van der Waals surface area contributed by atoms with Crippen molar-refractivity contribution >= 4 is 75.7 Å². The van der Waals surface area contributed by atoms with Crippen molar-refractivity contribution in [2.75, 3.05) is 0 Å². The summed E-state index contributed by atoms with van der Waals surface area (Å²) in [6, 6.07) is 84.4. The molecule has 1 aliphatic carbocycles. The molecule has 1 nitrogen and oxygen atoms in total. The van der Waals surface area contributed by atoms with Gasteiger partial charge in [0, 0.05) is 21.9 Å². The lowest BCUT2D eigenvalue weighted by Gasteiger charge is -2.54. The molecule has 1 heterocycles. The van der Waals surface area contributed by atoms with Crippen LogP contribution >= 0.6 is 0 Å². The lowest BCUT2D eigenvalue weighted by Crippen LogP contribution is -2.50. The summed E-state index contributed by atoms with van der Waals surface area (Å²) in [5.41, 5.74) is 16.2. The zero-order valence-corrected chi connectivity index (χ0v) is 41.8. The van der Waals surface area contributed by atoms with Gasteiger partial charge in [0.15, 0.2) is 0 Å². The minimum Gasteiger partial charge on any atom is -0.309 e. The van der Waals surface area contributed by atoms with Crippen LogP contribution in [-0.4, -0.2) is 4.57 Å². The van der Waals surface area contributed by atoms with E-state index in [4.69, 9.17) is 0 Å². The van der Waals surface area contributed by atoms with E-state index in [0.29, 0.717) is 0 Å². The van der Waals surface area contributed by atoms with Crippen LogP contribution in [0.1, 0.15) is 52.7 Å². The van der Waals surface area contributed by atoms with Gasteiger partial charge >= 0.3 is 0 Å². The Kier molecular flexibility index (Phi) is 9.09. The van der Waals surface area contributed by atoms with Crippen molar-refractivity contribution in [1.82, 2.24) is 4.57 Å². The lowest BCUT2D eigenvalue weighted by atomic mass is 9.49. The molecule has 344 valence electrons. The van der Waals surface area contributed by atoms with Gasteiger partial charge in [0.1, 0.15) is 0 Å². The molecule has 1 aliphatic rings. The number of rotatable bonds is 4. The van der Waals surface area contributed by atoms with Crippen LogP contribution in [-0.2, 0) is 5.41 Å². The topological polar surface area (TPSA) is 4.93 Å². The quantitative estimate of drug-likeness (QED) is 0.122. The number of para-hydroxylation sites is 2. The van der Waals surface area contributed by atoms with Gasteiger partial charge in [0.05, 0.1) is 11.0 Å². The summed E-state index contributed by atoms with van der Waals surface area (Å²) in [4.78, 5) is 0. The maximum atomic E-state index is 2.57. The normalized spacial score (nSPS) is 13.5. The Morgan fingerprint density at radius 1 is 0.278 bits per heavy atom. The first-order valence-electron chi connectivity index (χ1n) is 25.7. The molecule has 0 spiro atoms. The summed E-state index contributed by atoms with van der Waals surface area (Å²) in [5, 5.41) is 15.5. The van der Waals surface area contributed by atoms with Crippen LogP contribution < -0.4 is 0 Å². The van der Waals surface area contributed by atoms with Crippen LogP contribution in [0, 0.1) is 10.8 Å². The first kappa shape index (κ1) is 42.6. The largest absolute Gasteiger partial charge is 0.309 e. The molecule has 14 rings (SSSR count). The molecule has 0 saturated carbocycles. The Morgan fingerprint density at radius 3 is 1.25 bits per heavy atom. The zero-order valence-electron chi connectivity index (χ0n) is 41.8. The highest BCUT2D eigenvalue weighted by Gasteiger charge is 2.59. The molecule has 1 aromatic heterocycles. The number of aromatic nitrogens is 1. The summed E-state index contributed by atoms with van der Waals surface area (Å²) in [5.74, 6) is 0. The van der Waals surface area contributed by atoms with E-state index < -0.39 is 0 Å². The van der Waals surface area contributed by atoms with Gasteiger partial charge in [0.25, 0.3) is 0 Å². The molecule has 0 radical (unpaired) electrons. The summed E-state index contributed by atoms with van der Waals surface area (Å²) in [6.07, 6.45) is 0. The average Bonchev–Trinajstić information content (AvgIpc) is 3.93. The van der Waals surface area contributed by atoms with Gasteiger partial charge in [-0.3, -0.25) is 0 Å². The minimum absolute atomic E-state index is 0.126. The van der Waals surface area contributed by atoms with Crippen LogP contribution in [0.3, 0.4) is 0 Å². The molecule has 0 N–H and O–H groups in total. The van der Waals surface area contributed by atoms with E-state index in [2.05, 4.69) is 271 Å². The smallest absolute Gasteiger partial charge is 0.0541 e. The fourth-order valence-corrected chi connectivity index (χ4v) is 14.3. The van der Waals surface area contributed by atoms with Crippen LogP contribution in [0.15, 0.2) is 224 Å². The van der Waals surface area contributed by atoms with Gasteiger partial charge in [-0.1, -0.05) is 230 Å². The lowest BCUT2D eigenvalue weighted by molar-refractivity contribution is 0.0977. The van der Waals surface area contributed by atoms with Crippen molar-refractivity contribution in [1.29, 1.82) is 0 Å². The summed E-state index contributed by atoms with van der Waals surface area (Å²) < 4.78 is 2.40. The van der Waals surface area contributed by atoms with Crippen LogP contribution in [0.25, 0.3) is 126 Å². The third kappa shape index (κ3) is 5.77. The molecule has 0 amide bonds. The maximum Gasteiger partial charge on any atom is 0.0541 e. The van der Waals surface area contributed by atoms with Crippen LogP contribution in [0.4, 0.5) is 0 Å². The van der Waals surface area contributed by atoms with Crippen LogP contribution in [0.5, 0.6) is 0 Å². The number of hydrogen-bond acceptors (Lipinski definition) is 0. The zero-order chi connectivity index (χ0) is 48.7. The second-order valence-corrected chi connectivity index (χ2v) is 22.3. The Morgan fingerprint density at radius 2 is 0.681 bits per heavy atom. The average molecular weight is 922 g/mol. The van der Waals surface area contributed by atoms with E-state index in [0.717, 1.165) is 0 Å². The third-order valence-electron chi connectivity index (χ3n) is 16.6. The van der Waals surface area contributed by atoms with Crippen molar-refractivity contribution < 1.29 is 0 Å². The monoisotopic (exact) mass is 921 g/mol. The van der Waals surface area contributed by atoms with Gasteiger partial charge < -0.3 is 4.57 Å². The number of hydrogen-bond donors (Lipinski definition) is 0. The second-order valence-electron chi connectivity index (χ2n) is 22.3. The van der Waals surface area contributed by atoms with Crippen molar-refractivity contribution in [2.45, 2.75) is 47.0 Å². The van der Waals surface area contributed by atoms with Gasteiger partial charge in [-0.15, -0.1) is 0 Å². The molecule has 12 aromatic carbocycles. The van der Waals surface area contributed by atoms with Crippen molar-refractivity contribution in [3.05, 3.63) is 236 Å². The predicted molar refractivity (Wildman–Crippen MR) is 310 cm³/mol. The number of fused-ring (bicyclic) bond motifs is 15. The SMILES string of the molecule is CC(C)(C)C1(C(C)(C)C)c2c(cc(-c3ccc(-c4c5ccccc5c(-c5ccc6c(c5)c5ccccc5n6-c5ccccc5)c5ccccc45)cc3)c3ccccc23)-c2c1c1ccccc1c1ccccc21. The Balaban J connectivity index is 0.978. The fraction of sp³-hybridized carbons (Fsp3) is 0.127. The Labute approximate surface area is 421 Å². The van der Waals surface area contributed by atoms with Crippen molar-refractivity contribution in [3.8, 4) is 50.2 Å². The highest BCUT2D eigenvalue weighted by atomic mass is 15.0. The molecule has 0 atom stereocenters. The van der Waals surface area contributed by atoms with Crippen molar-refractivity contribution in [3.63, 3.8) is 0 Å². The van der Waals surface area contributed by atoms with E-state index in [-0.39, 0.29) is 16.2 Å². The van der Waals surface area contributed by atoms with Gasteiger partial charge in [-0.2, -0.15) is 0 Å².